The van der Waals surface area contributed by atoms with E-state index >= 15 is 0 Å². The van der Waals surface area contributed by atoms with Gasteiger partial charge in [0, 0.05) is 13.1 Å². The Morgan fingerprint density at radius 1 is 1.38 bits per heavy atom. The fraction of sp³-hybridized carbons (Fsp3) is 0.611. The van der Waals surface area contributed by atoms with Crippen molar-refractivity contribution in [3.8, 4) is 5.75 Å². The van der Waals surface area contributed by atoms with E-state index in [9.17, 15) is 9.90 Å². The minimum Gasteiger partial charge on any atom is -0.508 e. The number of carbonyl (C=O) groups is 1. The Bertz CT molecular complexity index is 566. The van der Waals surface area contributed by atoms with Crippen molar-refractivity contribution in [1.82, 2.24) is 4.90 Å². The summed E-state index contributed by atoms with van der Waals surface area (Å²) in [7, 11) is 0. The van der Waals surface area contributed by atoms with E-state index in [2.05, 4.69) is 20.8 Å². The van der Waals surface area contributed by atoms with Crippen LogP contribution in [0.25, 0.3) is 0 Å². The van der Waals surface area contributed by atoms with Gasteiger partial charge in [0.25, 0.3) is 0 Å². The molecule has 1 aromatic rings. The first kappa shape index (κ1) is 14.4. The van der Waals surface area contributed by atoms with Gasteiger partial charge in [-0.15, -0.1) is 0 Å². The van der Waals surface area contributed by atoms with Crippen LogP contribution in [0.4, 0.5) is 0 Å². The van der Waals surface area contributed by atoms with Gasteiger partial charge in [-0.05, 0) is 47.3 Å². The van der Waals surface area contributed by atoms with Crippen molar-refractivity contribution >= 4 is 5.91 Å². The molecule has 2 bridgehead atoms. The van der Waals surface area contributed by atoms with Crippen LogP contribution in [0.3, 0.4) is 0 Å². The number of rotatable bonds is 2. The van der Waals surface area contributed by atoms with Gasteiger partial charge in [0.1, 0.15) is 5.75 Å². The molecule has 1 aromatic carbocycles. The van der Waals surface area contributed by atoms with E-state index in [1.807, 2.05) is 11.0 Å². The number of benzene rings is 1. The summed E-state index contributed by atoms with van der Waals surface area (Å²) in [6.45, 7) is 8.82. The highest BCUT2D eigenvalue weighted by Crippen LogP contribution is 2.58. The summed E-state index contributed by atoms with van der Waals surface area (Å²) in [5.74, 6) is 1.03. The molecule has 3 rings (SSSR count). The lowest BCUT2D eigenvalue weighted by atomic mass is 9.63. The Balaban J connectivity index is 1.73. The zero-order valence-corrected chi connectivity index (χ0v) is 13.2. The van der Waals surface area contributed by atoms with Gasteiger partial charge in [0.05, 0.1) is 6.42 Å². The van der Waals surface area contributed by atoms with Crippen LogP contribution in [-0.4, -0.2) is 29.0 Å². The van der Waals surface area contributed by atoms with Crippen LogP contribution in [0, 0.1) is 16.7 Å². The number of phenols is 1. The molecule has 2 atom stereocenters. The molecule has 114 valence electrons. The molecule has 1 saturated carbocycles. The van der Waals surface area contributed by atoms with E-state index in [0.29, 0.717) is 17.8 Å². The second-order valence-electron chi connectivity index (χ2n) is 7.64. The maximum absolute atomic E-state index is 12.6. The number of amides is 1. The lowest BCUT2D eigenvalue weighted by molar-refractivity contribution is -0.138. The molecule has 3 nitrogen and oxygen atoms in total. The number of carbonyl (C=O) groups excluding carboxylic acids is 1. The number of nitrogens with zero attached hydrogens (tertiary/aromatic N) is 1. The molecular formula is C18H25NO2. The number of piperidine rings is 1. The monoisotopic (exact) mass is 287 g/mol. The topological polar surface area (TPSA) is 40.5 Å². The van der Waals surface area contributed by atoms with Gasteiger partial charge >= 0.3 is 0 Å². The first-order valence-corrected chi connectivity index (χ1v) is 7.87. The van der Waals surface area contributed by atoms with Crippen LogP contribution in [-0.2, 0) is 11.2 Å². The Labute approximate surface area is 127 Å². The molecule has 0 radical (unpaired) electrons. The van der Waals surface area contributed by atoms with Gasteiger partial charge in [-0.3, -0.25) is 4.79 Å². The van der Waals surface area contributed by atoms with Crippen molar-refractivity contribution in [2.75, 3.05) is 13.1 Å². The molecule has 1 unspecified atom stereocenters. The molecule has 1 saturated heterocycles. The molecule has 1 amide bonds. The number of aromatic hydroxyl groups is 1. The van der Waals surface area contributed by atoms with E-state index in [-0.39, 0.29) is 17.1 Å². The zero-order valence-electron chi connectivity index (χ0n) is 13.2. The van der Waals surface area contributed by atoms with E-state index in [0.717, 1.165) is 18.7 Å². The molecule has 0 spiro atoms. The van der Waals surface area contributed by atoms with Crippen molar-refractivity contribution in [2.24, 2.45) is 16.7 Å². The van der Waals surface area contributed by atoms with E-state index < -0.39 is 0 Å². The average Bonchev–Trinajstić information content (AvgIpc) is 2.56. The minimum atomic E-state index is 0.189. The Morgan fingerprint density at radius 3 is 2.81 bits per heavy atom. The minimum absolute atomic E-state index is 0.189. The third-order valence-electron chi connectivity index (χ3n) is 6.22. The van der Waals surface area contributed by atoms with Crippen LogP contribution < -0.4 is 0 Å². The normalized spacial score (nSPS) is 30.4. The van der Waals surface area contributed by atoms with Gasteiger partial charge in [-0.2, -0.15) is 0 Å². The molecule has 21 heavy (non-hydrogen) atoms. The highest BCUT2D eigenvalue weighted by molar-refractivity contribution is 5.79. The Morgan fingerprint density at radius 2 is 2.14 bits per heavy atom. The van der Waals surface area contributed by atoms with Gasteiger partial charge in [0.2, 0.25) is 5.91 Å². The first-order valence-electron chi connectivity index (χ1n) is 7.87. The number of hydrogen-bond acceptors (Lipinski definition) is 2. The fourth-order valence-electron chi connectivity index (χ4n) is 4.17. The lowest BCUT2D eigenvalue weighted by Crippen LogP contribution is -2.54. The van der Waals surface area contributed by atoms with Gasteiger partial charge in [-0.1, -0.05) is 32.9 Å². The van der Waals surface area contributed by atoms with Crippen molar-refractivity contribution in [2.45, 2.75) is 40.0 Å². The molecule has 0 aromatic heterocycles. The van der Waals surface area contributed by atoms with Crippen molar-refractivity contribution in [1.29, 1.82) is 0 Å². The summed E-state index contributed by atoms with van der Waals surface area (Å²) in [4.78, 5) is 14.6. The number of phenolic OH excluding ortho intramolecular Hbond substituents is 1. The average molecular weight is 287 g/mol. The second-order valence-corrected chi connectivity index (χ2v) is 7.64. The van der Waals surface area contributed by atoms with Crippen LogP contribution in [0.1, 0.15) is 39.2 Å². The predicted molar refractivity (Wildman–Crippen MR) is 83.0 cm³/mol. The highest BCUT2D eigenvalue weighted by Gasteiger charge is 2.55. The number of likely N-dealkylation sites (tertiary alicyclic amines) is 1. The lowest BCUT2D eigenvalue weighted by Gasteiger charge is -2.50. The summed E-state index contributed by atoms with van der Waals surface area (Å²) >= 11 is 0. The molecule has 1 N–H and O–H groups in total. The van der Waals surface area contributed by atoms with Gasteiger partial charge in [-0.25, -0.2) is 0 Å². The molecule has 2 aliphatic rings. The van der Waals surface area contributed by atoms with Crippen molar-refractivity contribution in [3.05, 3.63) is 29.8 Å². The summed E-state index contributed by atoms with van der Waals surface area (Å²) < 4.78 is 0. The van der Waals surface area contributed by atoms with Crippen LogP contribution in [0.5, 0.6) is 5.75 Å². The first-order chi connectivity index (χ1) is 9.82. The standard InChI is InChI=1S/C18H25NO2/c1-17(2)14-7-8-18(17,3)12-19(11-14)16(21)10-13-5-4-6-15(20)9-13/h4-6,9,14,20H,7-8,10-12H2,1-3H3/t14?,18-/m0/s1. The van der Waals surface area contributed by atoms with E-state index in [1.165, 1.54) is 12.8 Å². The third-order valence-corrected chi connectivity index (χ3v) is 6.22. The summed E-state index contributed by atoms with van der Waals surface area (Å²) in [5.41, 5.74) is 1.46. The smallest absolute Gasteiger partial charge is 0.227 e. The highest BCUT2D eigenvalue weighted by atomic mass is 16.3. The quantitative estimate of drug-likeness (QED) is 0.907. The zero-order chi connectivity index (χ0) is 15.3. The molecule has 2 fully saturated rings. The maximum Gasteiger partial charge on any atom is 0.227 e. The molecule has 1 heterocycles. The van der Waals surface area contributed by atoms with Gasteiger partial charge in [0.15, 0.2) is 0 Å². The number of hydrogen-bond donors (Lipinski definition) is 1. The molecular weight excluding hydrogens is 262 g/mol. The Hall–Kier alpha value is -1.51. The van der Waals surface area contributed by atoms with Crippen LogP contribution in [0.15, 0.2) is 24.3 Å². The molecule has 3 heteroatoms. The summed E-state index contributed by atoms with van der Waals surface area (Å²) in [5, 5.41) is 9.52. The fourth-order valence-corrected chi connectivity index (χ4v) is 4.17. The Kier molecular flexibility index (Phi) is 3.27. The summed E-state index contributed by atoms with van der Waals surface area (Å²) in [6.07, 6.45) is 2.84. The second kappa shape index (κ2) is 4.75. The molecule has 1 aliphatic carbocycles. The predicted octanol–water partition coefficient (Wildman–Crippen LogP) is 3.22. The largest absolute Gasteiger partial charge is 0.508 e. The third kappa shape index (κ3) is 2.33. The molecule has 1 aliphatic heterocycles. The van der Waals surface area contributed by atoms with Crippen molar-refractivity contribution in [3.63, 3.8) is 0 Å². The van der Waals surface area contributed by atoms with Gasteiger partial charge < -0.3 is 10.0 Å². The van der Waals surface area contributed by atoms with E-state index in [1.54, 1.807) is 18.2 Å². The maximum atomic E-state index is 12.6. The van der Waals surface area contributed by atoms with Crippen LogP contribution >= 0.6 is 0 Å². The van der Waals surface area contributed by atoms with E-state index in [4.69, 9.17) is 0 Å². The van der Waals surface area contributed by atoms with Crippen LogP contribution in [0.2, 0.25) is 0 Å². The number of fused-ring (bicyclic) bond motifs is 2. The SMILES string of the molecule is CC1(C)C2CC[C@@]1(C)CN(C(=O)Cc1cccc(O)c1)C2. The summed E-state index contributed by atoms with van der Waals surface area (Å²) in [6, 6.07) is 7.02. The van der Waals surface area contributed by atoms with Crippen molar-refractivity contribution < 1.29 is 9.90 Å².